The average Bonchev–Trinajstić information content (AvgIpc) is 2.32. The van der Waals surface area contributed by atoms with E-state index in [4.69, 9.17) is 0 Å². The summed E-state index contributed by atoms with van der Waals surface area (Å²) in [6, 6.07) is 3.67. The summed E-state index contributed by atoms with van der Waals surface area (Å²) >= 11 is 0. The molecule has 0 fully saturated rings. The number of halogens is 3. The van der Waals surface area contributed by atoms with Crippen molar-refractivity contribution in [2.45, 2.75) is 39.2 Å². The van der Waals surface area contributed by atoms with E-state index in [1.54, 1.807) is 7.05 Å². The van der Waals surface area contributed by atoms with Crippen LogP contribution in [0.1, 0.15) is 39.2 Å². The topological polar surface area (TPSA) is 36.4 Å². The van der Waals surface area contributed by atoms with E-state index in [1.807, 2.05) is 27.7 Å². The fraction of sp³-hybridized carbons (Fsp3) is 0.533. The number of nitrogens with zero attached hydrogens (tertiary/aromatic N) is 1. The molecular weight excluding hydrogens is 387 g/mol. The first kappa shape index (κ1) is 20.1. The molecule has 0 spiro atoms. The fourth-order valence-electron chi connectivity index (χ4n) is 1.80. The molecule has 0 aliphatic heterocycles. The Kier molecular flexibility index (Phi) is 8.13. The molecule has 0 saturated heterocycles. The van der Waals surface area contributed by atoms with Crippen molar-refractivity contribution in [3.63, 3.8) is 0 Å². The Bertz CT molecular complexity index is 484. The molecule has 1 aromatic carbocycles. The molecular formula is C15H24F2IN3. The molecule has 21 heavy (non-hydrogen) atoms. The van der Waals surface area contributed by atoms with Gasteiger partial charge in [0.05, 0.1) is 0 Å². The van der Waals surface area contributed by atoms with Crippen LogP contribution in [0, 0.1) is 11.6 Å². The quantitative estimate of drug-likeness (QED) is 0.453. The molecule has 0 bridgehead atoms. The summed E-state index contributed by atoms with van der Waals surface area (Å²) in [5.41, 5.74) is 0.386. The molecule has 1 rings (SSSR count). The van der Waals surface area contributed by atoms with Crippen molar-refractivity contribution in [3.05, 3.63) is 35.4 Å². The van der Waals surface area contributed by atoms with E-state index in [1.165, 1.54) is 12.1 Å². The van der Waals surface area contributed by atoms with Gasteiger partial charge in [0.15, 0.2) is 5.96 Å². The molecule has 0 aliphatic carbocycles. The predicted octanol–water partition coefficient (Wildman–Crippen LogP) is 3.65. The van der Waals surface area contributed by atoms with Gasteiger partial charge in [0.1, 0.15) is 11.6 Å². The molecule has 1 atom stereocenters. The zero-order valence-electron chi connectivity index (χ0n) is 13.1. The Balaban J connectivity index is 0.00000400. The summed E-state index contributed by atoms with van der Waals surface area (Å²) in [7, 11) is 1.68. The van der Waals surface area contributed by atoms with Gasteiger partial charge in [-0.2, -0.15) is 0 Å². The van der Waals surface area contributed by atoms with Crippen LogP contribution in [-0.4, -0.2) is 25.1 Å². The van der Waals surface area contributed by atoms with Crippen LogP contribution in [-0.2, 0) is 0 Å². The largest absolute Gasteiger partial charge is 0.356 e. The van der Waals surface area contributed by atoms with E-state index in [-0.39, 0.29) is 35.4 Å². The fourth-order valence-corrected chi connectivity index (χ4v) is 1.80. The Morgan fingerprint density at radius 3 is 2.38 bits per heavy atom. The first-order chi connectivity index (χ1) is 9.23. The maximum Gasteiger partial charge on any atom is 0.191 e. The number of aliphatic imine (C=N–C) groups is 1. The maximum atomic E-state index is 13.7. The third-order valence-corrected chi connectivity index (χ3v) is 2.79. The van der Waals surface area contributed by atoms with Gasteiger partial charge in [-0.25, -0.2) is 8.78 Å². The average molecular weight is 411 g/mol. The van der Waals surface area contributed by atoms with E-state index in [2.05, 4.69) is 15.6 Å². The molecule has 120 valence electrons. The van der Waals surface area contributed by atoms with Gasteiger partial charge in [-0.05, 0) is 32.4 Å². The Labute approximate surface area is 142 Å². The van der Waals surface area contributed by atoms with E-state index < -0.39 is 11.6 Å². The lowest BCUT2D eigenvalue weighted by Gasteiger charge is -2.25. The zero-order valence-corrected chi connectivity index (χ0v) is 15.5. The SMILES string of the molecule is CN=C(NCC(C)c1ccc(F)cc1F)NC(C)(C)C.I. The second-order valence-electron chi connectivity index (χ2n) is 5.89. The molecule has 6 heteroatoms. The monoisotopic (exact) mass is 411 g/mol. The Hall–Kier alpha value is -0.920. The Morgan fingerprint density at radius 2 is 1.90 bits per heavy atom. The number of nitrogens with one attached hydrogen (secondary N) is 2. The first-order valence-corrected chi connectivity index (χ1v) is 6.66. The van der Waals surface area contributed by atoms with Gasteiger partial charge < -0.3 is 10.6 Å². The van der Waals surface area contributed by atoms with E-state index in [0.717, 1.165) is 6.07 Å². The van der Waals surface area contributed by atoms with Crippen LogP contribution in [0.5, 0.6) is 0 Å². The van der Waals surface area contributed by atoms with Gasteiger partial charge in [-0.15, -0.1) is 24.0 Å². The van der Waals surface area contributed by atoms with Crippen molar-refractivity contribution in [3.8, 4) is 0 Å². The third kappa shape index (κ3) is 7.06. The van der Waals surface area contributed by atoms with Crippen LogP contribution >= 0.6 is 24.0 Å². The van der Waals surface area contributed by atoms with E-state index >= 15 is 0 Å². The van der Waals surface area contributed by atoms with Gasteiger partial charge in [-0.1, -0.05) is 13.0 Å². The molecule has 0 aliphatic rings. The van der Waals surface area contributed by atoms with Gasteiger partial charge in [0.2, 0.25) is 0 Å². The van der Waals surface area contributed by atoms with Crippen molar-refractivity contribution in [1.29, 1.82) is 0 Å². The highest BCUT2D eigenvalue weighted by Crippen LogP contribution is 2.19. The van der Waals surface area contributed by atoms with E-state index in [0.29, 0.717) is 18.1 Å². The second kappa shape index (κ2) is 8.51. The van der Waals surface area contributed by atoms with Crippen LogP contribution in [0.3, 0.4) is 0 Å². The molecule has 0 saturated carbocycles. The van der Waals surface area contributed by atoms with Gasteiger partial charge in [0.25, 0.3) is 0 Å². The number of hydrogen-bond acceptors (Lipinski definition) is 1. The Morgan fingerprint density at radius 1 is 1.29 bits per heavy atom. The summed E-state index contributed by atoms with van der Waals surface area (Å²) in [6.07, 6.45) is 0. The molecule has 0 heterocycles. The van der Waals surface area contributed by atoms with Crippen LogP contribution in [0.4, 0.5) is 8.78 Å². The smallest absolute Gasteiger partial charge is 0.191 e. The lowest BCUT2D eigenvalue weighted by Crippen LogP contribution is -2.48. The van der Waals surface area contributed by atoms with Crippen LogP contribution in [0.2, 0.25) is 0 Å². The lowest BCUT2D eigenvalue weighted by molar-refractivity contribution is 0.498. The van der Waals surface area contributed by atoms with Gasteiger partial charge >= 0.3 is 0 Å². The predicted molar refractivity (Wildman–Crippen MR) is 94.4 cm³/mol. The molecule has 0 amide bonds. The molecule has 1 aromatic rings. The molecule has 0 radical (unpaired) electrons. The number of guanidine groups is 1. The van der Waals surface area contributed by atoms with Gasteiger partial charge in [-0.3, -0.25) is 4.99 Å². The van der Waals surface area contributed by atoms with E-state index in [9.17, 15) is 8.78 Å². The van der Waals surface area contributed by atoms with Crippen LogP contribution in [0.25, 0.3) is 0 Å². The normalized spacial score (nSPS) is 13.4. The summed E-state index contributed by atoms with van der Waals surface area (Å²) in [5, 5.41) is 6.37. The summed E-state index contributed by atoms with van der Waals surface area (Å²) in [6.45, 7) is 8.49. The minimum absolute atomic E-state index is 0. The standard InChI is InChI=1S/C15H23F2N3.HI/c1-10(12-7-6-11(16)8-13(12)17)9-19-14(18-5)20-15(2,3)4;/h6-8,10H,9H2,1-5H3,(H2,18,19,20);1H. The molecule has 1 unspecified atom stereocenters. The van der Waals surface area contributed by atoms with Crippen LogP contribution < -0.4 is 10.6 Å². The summed E-state index contributed by atoms with van der Waals surface area (Å²) in [5.74, 6) is -0.504. The highest BCUT2D eigenvalue weighted by atomic mass is 127. The second-order valence-corrected chi connectivity index (χ2v) is 5.89. The van der Waals surface area contributed by atoms with Crippen molar-refractivity contribution < 1.29 is 8.78 Å². The number of hydrogen-bond donors (Lipinski definition) is 2. The lowest BCUT2D eigenvalue weighted by atomic mass is 10.0. The molecule has 0 aromatic heterocycles. The highest BCUT2D eigenvalue weighted by molar-refractivity contribution is 14.0. The van der Waals surface area contributed by atoms with Crippen molar-refractivity contribution in [2.24, 2.45) is 4.99 Å². The zero-order chi connectivity index (χ0) is 15.3. The molecule has 2 N–H and O–H groups in total. The third-order valence-electron chi connectivity index (χ3n) is 2.79. The van der Waals surface area contributed by atoms with Crippen molar-refractivity contribution >= 4 is 29.9 Å². The molecule has 3 nitrogen and oxygen atoms in total. The first-order valence-electron chi connectivity index (χ1n) is 6.66. The minimum atomic E-state index is -0.559. The maximum absolute atomic E-state index is 13.7. The van der Waals surface area contributed by atoms with Crippen LogP contribution in [0.15, 0.2) is 23.2 Å². The highest BCUT2D eigenvalue weighted by Gasteiger charge is 2.15. The number of rotatable bonds is 3. The minimum Gasteiger partial charge on any atom is -0.356 e. The van der Waals surface area contributed by atoms with Crippen molar-refractivity contribution in [2.75, 3.05) is 13.6 Å². The van der Waals surface area contributed by atoms with Gasteiger partial charge in [0, 0.05) is 31.1 Å². The summed E-state index contributed by atoms with van der Waals surface area (Å²) in [4.78, 5) is 4.12. The summed E-state index contributed by atoms with van der Waals surface area (Å²) < 4.78 is 26.5. The number of benzene rings is 1. The van der Waals surface area contributed by atoms with Crippen molar-refractivity contribution in [1.82, 2.24) is 10.6 Å².